The molecule has 1 saturated heterocycles. The van der Waals surface area contributed by atoms with Gasteiger partial charge in [-0.3, -0.25) is 4.79 Å². The summed E-state index contributed by atoms with van der Waals surface area (Å²) >= 11 is 0. The maximum absolute atomic E-state index is 11.0. The lowest BCUT2D eigenvalue weighted by Gasteiger charge is -2.33. The van der Waals surface area contributed by atoms with Crippen molar-refractivity contribution in [3.05, 3.63) is 17.6 Å². The van der Waals surface area contributed by atoms with Gasteiger partial charge in [-0.15, -0.1) is 5.10 Å². The standard InChI is InChI=1S/C17H24N6O3/c1-3-12-17(23-6-4-5-11(9-23)7-15(25)26)18-8-13(19-12)16-14(10-24)22(2)21-20-16/h8,11,24H,3-7,9-10H2,1-2H3,(H,25,26)/t11-/m1/s1. The Morgan fingerprint density at radius 2 is 2.23 bits per heavy atom. The van der Waals surface area contributed by atoms with Gasteiger partial charge in [-0.05, 0) is 25.2 Å². The number of anilines is 1. The smallest absolute Gasteiger partial charge is 0.303 e. The Morgan fingerprint density at radius 1 is 1.42 bits per heavy atom. The predicted octanol–water partition coefficient (Wildman–Crippen LogP) is 1.02. The molecule has 0 bridgehead atoms. The van der Waals surface area contributed by atoms with E-state index in [2.05, 4.69) is 20.2 Å². The molecule has 0 aromatic carbocycles. The molecule has 2 N–H and O–H groups in total. The first-order valence-corrected chi connectivity index (χ1v) is 8.85. The van der Waals surface area contributed by atoms with Crippen molar-refractivity contribution < 1.29 is 15.0 Å². The Balaban J connectivity index is 1.88. The van der Waals surface area contributed by atoms with Gasteiger partial charge in [-0.2, -0.15) is 0 Å². The molecular formula is C17H24N6O3. The molecule has 9 heteroatoms. The van der Waals surface area contributed by atoms with Crippen LogP contribution in [0.1, 0.15) is 37.6 Å². The van der Waals surface area contributed by atoms with Crippen LogP contribution in [0.4, 0.5) is 5.82 Å². The first-order valence-electron chi connectivity index (χ1n) is 8.85. The second kappa shape index (κ2) is 7.77. The van der Waals surface area contributed by atoms with Crippen LogP contribution in [-0.2, 0) is 24.9 Å². The first kappa shape index (κ1) is 18.2. The maximum Gasteiger partial charge on any atom is 0.303 e. The van der Waals surface area contributed by atoms with Crippen LogP contribution in [0.25, 0.3) is 11.4 Å². The third kappa shape index (κ3) is 3.67. The van der Waals surface area contributed by atoms with Gasteiger partial charge >= 0.3 is 5.97 Å². The molecule has 1 aliphatic rings. The minimum atomic E-state index is -0.756. The molecule has 0 radical (unpaired) electrons. The molecule has 2 aromatic rings. The third-order valence-corrected chi connectivity index (χ3v) is 4.77. The zero-order chi connectivity index (χ0) is 18.7. The number of aryl methyl sites for hydroxylation is 2. The number of carbonyl (C=O) groups is 1. The van der Waals surface area contributed by atoms with Crippen LogP contribution >= 0.6 is 0 Å². The van der Waals surface area contributed by atoms with E-state index in [-0.39, 0.29) is 18.9 Å². The molecule has 9 nitrogen and oxygen atoms in total. The minimum absolute atomic E-state index is 0.133. The molecule has 0 amide bonds. The van der Waals surface area contributed by atoms with E-state index in [0.717, 1.165) is 30.9 Å². The molecule has 1 fully saturated rings. The van der Waals surface area contributed by atoms with E-state index >= 15 is 0 Å². The van der Waals surface area contributed by atoms with Gasteiger partial charge in [0.15, 0.2) is 0 Å². The summed E-state index contributed by atoms with van der Waals surface area (Å²) in [5.74, 6) is 0.183. The summed E-state index contributed by atoms with van der Waals surface area (Å²) in [4.78, 5) is 22.5. The highest BCUT2D eigenvalue weighted by Gasteiger charge is 2.25. The maximum atomic E-state index is 11.0. The molecule has 140 valence electrons. The van der Waals surface area contributed by atoms with Crippen LogP contribution in [0, 0.1) is 5.92 Å². The molecule has 26 heavy (non-hydrogen) atoms. The number of carboxylic acid groups (broad SMARTS) is 1. The second-order valence-electron chi connectivity index (χ2n) is 6.60. The lowest BCUT2D eigenvalue weighted by Crippen LogP contribution is -2.37. The van der Waals surface area contributed by atoms with Gasteiger partial charge in [-0.1, -0.05) is 12.1 Å². The average molecular weight is 360 g/mol. The Kier molecular flexibility index (Phi) is 5.46. The number of hydrogen-bond acceptors (Lipinski definition) is 7. The predicted molar refractivity (Wildman–Crippen MR) is 94.5 cm³/mol. The fourth-order valence-corrected chi connectivity index (χ4v) is 3.46. The van der Waals surface area contributed by atoms with Crippen molar-refractivity contribution in [1.82, 2.24) is 25.0 Å². The second-order valence-corrected chi connectivity index (χ2v) is 6.60. The third-order valence-electron chi connectivity index (χ3n) is 4.77. The highest BCUT2D eigenvalue weighted by Crippen LogP contribution is 2.28. The van der Waals surface area contributed by atoms with Crippen molar-refractivity contribution in [3.8, 4) is 11.4 Å². The van der Waals surface area contributed by atoms with Gasteiger partial charge in [0.2, 0.25) is 0 Å². The molecule has 0 spiro atoms. The van der Waals surface area contributed by atoms with Gasteiger partial charge in [-0.25, -0.2) is 14.6 Å². The zero-order valence-electron chi connectivity index (χ0n) is 15.1. The quantitative estimate of drug-likeness (QED) is 0.784. The largest absolute Gasteiger partial charge is 0.481 e. The van der Waals surface area contributed by atoms with Crippen molar-refractivity contribution >= 4 is 11.8 Å². The van der Waals surface area contributed by atoms with Crippen LogP contribution in [-0.4, -0.2) is 54.2 Å². The highest BCUT2D eigenvalue weighted by atomic mass is 16.4. The number of carboxylic acids is 1. The number of nitrogens with zero attached hydrogens (tertiary/aromatic N) is 6. The zero-order valence-corrected chi connectivity index (χ0v) is 15.1. The van der Waals surface area contributed by atoms with Gasteiger partial charge in [0.05, 0.1) is 24.2 Å². The van der Waals surface area contributed by atoms with E-state index in [1.165, 1.54) is 4.68 Å². The summed E-state index contributed by atoms with van der Waals surface area (Å²) in [5, 5.41) is 26.6. The molecule has 0 unspecified atom stereocenters. The number of piperidine rings is 1. The topological polar surface area (TPSA) is 117 Å². The molecule has 2 aromatic heterocycles. The number of aromatic nitrogens is 5. The van der Waals surface area contributed by atoms with Crippen molar-refractivity contribution in [2.24, 2.45) is 13.0 Å². The molecule has 3 rings (SSSR count). The van der Waals surface area contributed by atoms with Crippen molar-refractivity contribution in [1.29, 1.82) is 0 Å². The molecule has 0 saturated carbocycles. The summed E-state index contributed by atoms with van der Waals surface area (Å²) in [6.07, 6.45) is 4.41. The molecule has 1 atom stereocenters. The normalized spacial score (nSPS) is 17.5. The van der Waals surface area contributed by atoms with E-state index in [9.17, 15) is 9.90 Å². The molecule has 3 heterocycles. The Hall–Kier alpha value is -2.55. The minimum Gasteiger partial charge on any atom is -0.481 e. The van der Waals surface area contributed by atoms with Crippen LogP contribution in [0.2, 0.25) is 0 Å². The molecule has 0 aliphatic carbocycles. The Labute approximate surface area is 151 Å². The molecular weight excluding hydrogens is 336 g/mol. The lowest BCUT2D eigenvalue weighted by molar-refractivity contribution is -0.138. The van der Waals surface area contributed by atoms with E-state index < -0.39 is 5.97 Å². The Bertz CT molecular complexity index is 791. The van der Waals surface area contributed by atoms with Crippen molar-refractivity contribution in [2.45, 2.75) is 39.2 Å². The summed E-state index contributed by atoms with van der Waals surface area (Å²) in [5.41, 5.74) is 2.55. The number of aliphatic hydroxyl groups excluding tert-OH is 1. The van der Waals surface area contributed by atoms with Crippen LogP contribution in [0.3, 0.4) is 0 Å². The van der Waals surface area contributed by atoms with Gasteiger partial charge in [0, 0.05) is 26.6 Å². The summed E-state index contributed by atoms with van der Waals surface area (Å²) in [6, 6.07) is 0. The van der Waals surface area contributed by atoms with Crippen LogP contribution in [0.5, 0.6) is 0 Å². The van der Waals surface area contributed by atoms with E-state index in [1.807, 2.05) is 6.92 Å². The van der Waals surface area contributed by atoms with E-state index in [0.29, 0.717) is 30.0 Å². The first-order chi connectivity index (χ1) is 12.5. The number of aliphatic carboxylic acids is 1. The summed E-state index contributed by atoms with van der Waals surface area (Å²) in [6.45, 7) is 3.37. The summed E-state index contributed by atoms with van der Waals surface area (Å²) in [7, 11) is 1.72. The number of rotatable bonds is 6. The van der Waals surface area contributed by atoms with E-state index in [1.54, 1.807) is 13.2 Å². The summed E-state index contributed by atoms with van der Waals surface area (Å²) < 4.78 is 1.53. The highest BCUT2D eigenvalue weighted by molar-refractivity contribution is 5.67. The SMILES string of the molecule is CCc1nc(-c2nnn(C)c2CO)cnc1N1CCC[C@H](CC(=O)O)C1. The van der Waals surface area contributed by atoms with E-state index in [4.69, 9.17) is 10.1 Å². The van der Waals surface area contributed by atoms with Gasteiger partial charge in [0.1, 0.15) is 17.2 Å². The lowest BCUT2D eigenvalue weighted by atomic mass is 9.95. The number of aliphatic hydroxyl groups is 1. The van der Waals surface area contributed by atoms with Crippen molar-refractivity contribution in [2.75, 3.05) is 18.0 Å². The Morgan fingerprint density at radius 3 is 2.92 bits per heavy atom. The van der Waals surface area contributed by atoms with Crippen LogP contribution < -0.4 is 4.90 Å². The number of hydrogen-bond donors (Lipinski definition) is 2. The van der Waals surface area contributed by atoms with Crippen LogP contribution in [0.15, 0.2) is 6.20 Å². The van der Waals surface area contributed by atoms with Gasteiger partial charge < -0.3 is 15.1 Å². The average Bonchev–Trinajstić information content (AvgIpc) is 3.01. The molecule has 1 aliphatic heterocycles. The fourth-order valence-electron chi connectivity index (χ4n) is 3.46. The van der Waals surface area contributed by atoms with Crippen molar-refractivity contribution in [3.63, 3.8) is 0 Å². The fraction of sp³-hybridized carbons (Fsp3) is 0.588. The monoisotopic (exact) mass is 360 g/mol. The van der Waals surface area contributed by atoms with Gasteiger partial charge in [0.25, 0.3) is 0 Å².